The largest absolute Gasteiger partial charge is 0.466 e. The van der Waals surface area contributed by atoms with Crippen LogP contribution in [0.5, 0.6) is 0 Å². The molecule has 0 N–H and O–H groups in total. The van der Waals surface area contributed by atoms with Crippen molar-refractivity contribution in [3.8, 4) is 0 Å². The monoisotopic (exact) mass is 250 g/mol. The van der Waals surface area contributed by atoms with Crippen LogP contribution < -0.4 is 0 Å². The van der Waals surface area contributed by atoms with E-state index in [9.17, 15) is 4.79 Å². The average Bonchev–Trinajstić information content (AvgIpc) is 2.78. The van der Waals surface area contributed by atoms with Gasteiger partial charge in [-0.1, -0.05) is 24.3 Å². The number of carbonyl (C=O) groups excluding carboxylic acids is 1. The van der Waals surface area contributed by atoms with Crippen LogP contribution in [0.25, 0.3) is 5.57 Å². The first kappa shape index (κ1) is 13.7. The summed E-state index contributed by atoms with van der Waals surface area (Å²) < 4.78 is 5.06. The number of allylic oxidation sites excluding steroid dienone is 2. The third-order valence-corrected chi connectivity index (χ3v) is 3.23. The van der Waals surface area contributed by atoms with Crippen LogP contribution in [0.4, 0.5) is 0 Å². The molecule has 92 valence electrons. The van der Waals surface area contributed by atoms with Crippen LogP contribution in [-0.2, 0) is 9.53 Å². The fourth-order valence-electron chi connectivity index (χ4n) is 1.51. The van der Waals surface area contributed by atoms with Crippen molar-refractivity contribution in [1.82, 2.24) is 0 Å². The number of ether oxygens (including phenoxy) is 1. The predicted molar refractivity (Wildman–Crippen MR) is 72.9 cm³/mol. The molecule has 1 aromatic rings. The molecule has 0 bridgehead atoms. The summed E-state index contributed by atoms with van der Waals surface area (Å²) >= 11 is 1.62. The van der Waals surface area contributed by atoms with Crippen LogP contribution in [-0.4, -0.2) is 12.6 Å². The van der Waals surface area contributed by atoms with Gasteiger partial charge in [0.05, 0.1) is 12.5 Å². The molecule has 17 heavy (non-hydrogen) atoms. The van der Waals surface area contributed by atoms with Gasteiger partial charge in [-0.05, 0) is 37.8 Å². The van der Waals surface area contributed by atoms with E-state index in [0.717, 1.165) is 16.0 Å². The zero-order chi connectivity index (χ0) is 12.8. The molecule has 1 rings (SSSR count). The summed E-state index contributed by atoms with van der Waals surface area (Å²) in [7, 11) is 0. The number of thiophene rings is 1. The van der Waals surface area contributed by atoms with E-state index in [-0.39, 0.29) is 11.9 Å². The Bertz CT molecular complexity index is 415. The van der Waals surface area contributed by atoms with Gasteiger partial charge in [0.25, 0.3) is 0 Å². The van der Waals surface area contributed by atoms with E-state index >= 15 is 0 Å². The quantitative estimate of drug-likeness (QED) is 0.585. The minimum Gasteiger partial charge on any atom is -0.466 e. The minimum atomic E-state index is -0.259. The summed E-state index contributed by atoms with van der Waals surface area (Å²) in [6.45, 7) is 9.89. The highest BCUT2D eigenvalue weighted by Crippen LogP contribution is 2.29. The molecule has 0 aliphatic rings. The molecular weight excluding hydrogens is 232 g/mol. The van der Waals surface area contributed by atoms with E-state index < -0.39 is 0 Å². The second-order valence-electron chi connectivity index (χ2n) is 3.90. The molecule has 0 spiro atoms. The summed E-state index contributed by atoms with van der Waals surface area (Å²) in [4.78, 5) is 12.9. The van der Waals surface area contributed by atoms with E-state index in [2.05, 4.69) is 6.58 Å². The Morgan fingerprint density at radius 1 is 1.65 bits per heavy atom. The normalized spacial score (nSPS) is 13.2. The fraction of sp³-hybridized carbons (Fsp3) is 0.357. The van der Waals surface area contributed by atoms with Gasteiger partial charge >= 0.3 is 5.97 Å². The summed E-state index contributed by atoms with van der Waals surface area (Å²) in [6.07, 6.45) is 1.95. The summed E-state index contributed by atoms with van der Waals surface area (Å²) in [5.74, 6) is -0.446. The van der Waals surface area contributed by atoms with E-state index in [4.69, 9.17) is 4.74 Å². The molecular formula is C14H18O2S. The van der Waals surface area contributed by atoms with Gasteiger partial charge in [0, 0.05) is 4.88 Å². The molecule has 1 aromatic heterocycles. The molecule has 3 heteroatoms. The van der Waals surface area contributed by atoms with Gasteiger partial charge in [0.2, 0.25) is 0 Å². The van der Waals surface area contributed by atoms with Crippen LogP contribution in [0, 0.1) is 5.92 Å². The number of rotatable bonds is 5. The number of carbonyl (C=O) groups is 1. The molecule has 1 atom stereocenters. The standard InChI is InChI=1S/C14H18O2S/c1-5-16-14(15)11(4)12(9-10(2)3)13-7-6-8-17-13/h6-9,11H,2,5H2,1,3-4H3/b12-9+. The smallest absolute Gasteiger partial charge is 0.313 e. The highest BCUT2D eigenvalue weighted by Gasteiger charge is 2.20. The first-order valence-electron chi connectivity index (χ1n) is 5.63. The Hall–Kier alpha value is -1.35. The van der Waals surface area contributed by atoms with Crippen molar-refractivity contribution >= 4 is 22.9 Å². The number of esters is 1. The molecule has 0 aromatic carbocycles. The second-order valence-corrected chi connectivity index (χ2v) is 4.84. The zero-order valence-corrected chi connectivity index (χ0v) is 11.3. The lowest BCUT2D eigenvalue weighted by atomic mass is 9.98. The zero-order valence-electron chi connectivity index (χ0n) is 10.5. The Morgan fingerprint density at radius 3 is 2.82 bits per heavy atom. The molecule has 1 unspecified atom stereocenters. The van der Waals surface area contributed by atoms with Crippen molar-refractivity contribution in [3.05, 3.63) is 40.6 Å². The number of hydrogen-bond donors (Lipinski definition) is 0. The van der Waals surface area contributed by atoms with Crippen LogP contribution in [0.3, 0.4) is 0 Å². The number of hydrogen-bond acceptors (Lipinski definition) is 3. The van der Waals surface area contributed by atoms with Gasteiger partial charge in [-0.3, -0.25) is 4.79 Å². The van der Waals surface area contributed by atoms with Gasteiger partial charge in [0.1, 0.15) is 0 Å². The highest BCUT2D eigenvalue weighted by atomic mass is 32.1. The molecule has 0 aliphatic carbocycles. The van der Waals surface area contributed by atoms with E-state index in [1.165, 1.54) is 0 Å². The topological polar surface area (TPSA) is 26.3 Å². The van der Waals surface area contributed by atoms with E-state index in [1.54, 1.807) is 11.3 Å². The SMILES string of the molecule is C=C(C)/C=C(/c1cccs1)C(C)C(=O)OCC. The van der Waals surface area contributed by atoms with Gasteiger partial charge in [-0.15, -0.1) is 11.3 Å². The van der Waals surface area contributed by atoms with Crippen LogP contribution >= 0.6 is 11.3 Å². The van der Waals surface area contributed by atoms with Crippen molar-refractivity contribution in [1.29, 1.82) is 0 Å². The maximum Gasteiger partial charge on any atom is 0.313 e. The highest BCUT2D eigenvalue weighted by molar-refractivity contribution is 7.11. The van der Waals surface area contributed by atoms with E-state index in [1.807, 2.05) is 44.4 Å². The minimum absolute atomic E-state index is 0.187. The fourth-order valence-corrected chi connectivity index (χ4v) is 2.34. The lowest BCUT2D eigenvalue weighted by Gasteiger charge is -2.14. The second kappa shape index (κ2) is 6.40. The predicted octanol–water partition coefficient (Wildman–Crippen LogP) is 3.91. The molecule has 0 amide bonds. The Morgan fingerprint density at radius 2 is 2.35 bits per heavy atom. The Labute approximate surface area is 107 Å². The van der Waals surface area contributed by atoms with Crippen LogP contribution in [0.1, 0.15) is 25.6 Å². The van der Waals surface area contributed by atoms with Crippen molar-refractivity contribution < 1.29 is 9.53 Å². The van der Waals surface area contributed by atoms with Crippen LogP contribution in [0.2, 0.25) is 0 Å². The first-order valence-corrected chi connectivity index (χ1v) is 6.51. The van der Waals surface area contributed by atoms with Gasteiger partial charge in [-0.25, -0.2) is 0 Å². The van der Waals surface area contributed by atoms with Crippen molar-refractivity contribution in [2.75, 3.05) is 6.61 Å². The van der Waals surface area contributed by atoms with Gasteiger partial charge in [0.15, 0.2) is 0 Å². The lowest BCUT2D eigenvalue weighted by molar-refractivity contribution is -0.145. The van der Waals surface area contributed by atoms with Gasteiger partial charge in [-0.2, -0.15) is 0 Å². The van der Waals surface area contributed by atoms with Crippen molar-refractivity contribution in [2.45, 2.75) is 20.8 Å². The van der Waals surface area contributed by atoms with Crippen molar-refractivity contribution in [2.24, 2.45) is 5.92 Å². The maximum absolute atomic E-state index is 11.8. The molecule has 1 heterocycles. The third-order valence-electron chi connectivity index (χ3n) is 2.31. The van der Waals surface area contributed by atoms with Gasteiger partial charge < -0.3 is 4.74 Å². The summed E-state index contributed by atoms with van der Waals surface area (Å²) in [5, 5.41) is 2.00. The Balaban J connectivity index is 3.00. The summed E-state index contributed by atoms with van der Waals surface area (Å²) in [6, 6.07) is 3.99. The molecule has 0 fully saturated rings. The maximum atomic E-state index is 11.8. The summed E-state index contributed by atoms with van der Waals surface area (Å²) in [5.41, 5.74) is 1.91. The molecule has 0 radical (unpaired) electrons. The third kappa shape index (κ3) is 3.86. The molecule has 2 nitrogen and oxygen atoms in total. The van der Waals surface area contributed by atoms with Crippen molar-refractivity contribution in [3.63, 3.8) is 0 Å². The van der Waals surface area contributed by atoms with Crippen LogP contribution in [0.15, 0.2) is 35.7 Å². The molecule has 0 saturated carbocycles. The molecule has 0 aliphatic heterocycles. The molecule has 0 saturated heterocycles. The Kier molecular flexibility index (Phi) is 5.16. The lowest BCUT2D eigenvalue weighted by Crippen LogP contribution is -2.16. The average molecular weight is 250 g/mol. The van der Waals surface area contributed by atoms with E-state index in [0.29, 0.717) is 6.61 Å². The first-order chi connectivity index (χ1) is 8.06.